The first kappa shape index (κ1) is 17.5. The first-order valence-electron chi connectivity index (χ1n) is 10.4. The summed E-state index contributed by atoms with van der Waals surface area (Å²) in [7, 11) is 0. The van der Waals surface area contributed by atoms with E-state index in [0.29, 0.717) is 17.8 Å². The summed E-state index contributed by atoms with van der Waals surface area (Å²) in [6.45, 7) is 0.856. The molecule has 0 saturated carbocycles. The van der Waals surface area contributed by atoms with Gasteiger partial charge in [-0.2, -0.15) is 0 Å². The Bertz CT molecular complexity index is 944. The summed E-state index contributed by atoms with van der Waals surface area (Å²) in [4.78, 5) is 0. The van der Waals surface area contributed by atoms with Gasteiger partial charge in [-0.25, -0.2) is 0 Å². The minimum Gasteiger partial charge on any atom is -0.374 e. The highest BCUT2D eigenvalue weighted by Gasteiger charge is 2.43. The standard InChI is InChI=1S/C27H26O/c1-3-9-20(10-4-1)15-16-25-27-23(17-18-28-25)19-22-13-7-8-14-24(22)26(27)21-11-5-2-6-12-21/h1-16,23,25-27H,17-19H2/b16-15+/t23-,25+,26+,27-/m0/s1. The van der Waals surface area contributed by atoms with Gasteiger partial charge in [0.1, 0.15) is 0 Å². The van der Waals surface area contributed by atoms with Crippen molar-refractivity contribution in [1.82, 2.24) is 0 Å². The summed E-state index contributed by atoms with van der Waals surface area (Å²) in [6.07, 6.45) is 7.00. The molecule has 28 heavy (non-hydrogen) atoms. The number of hydrogen-bond acceptors (Lipinski definition) is 1. The van der Waals surface area contributed by atoms with Crippen LogP contribution < -0.4 is 0 Å². The summed E-state index contributed by atoms with van der Waals surface area (Å²) < 4.78 is 6.35. The summed E-state index contributed by atoms with van der Waals surface area (Å²) in [5, 5.41) is 0. The molecule has 4 atom stereocenters. The fraction of sp³-hybridized carbons (Fsp3) is 0.259. The van der Waals surface area contributed by atoms with Gasteiger partial charge in [-0.3, -0.25) is 0 Å². The first-order chi connectivity index (χ1) is 13.9. The third-order valence-corrected chi connectivity index (χ3v) is 6.42. The van der Waals surface area contributed by atoms with Crippen molar-refractivity contribution >= 4 is 6.08 Å². The van der Waals surface area contributed by atoms with E-state index in [-0.39, 0.29) is 6.10 Å². The van der Waals surface area contributed by atoms with Crippen LogP contribution in [0.2, 0.25) is 0 Å². The van der Waals surface area contributed by atoms with Crippen LogP contribution in [-0.2, 0) is 11.2 Å². The fourth-order valence-corrected chi connectivity index (χ4v) is 5.16. The van der Waals surface area contributed by atoms with Gasteiger partial charge in [0.15, 0.2) is 0 Å². The Kier molecular flexibility index (Phi) is 4.85. The second-order valence-electron chi connectivity index (χ2n) is 8.02. The average molecular weight is 367 g/mol. The van der Waals surface area contributed by atoms with Gasteiger partial charge in [0, 0.05) is 18.4 Å². The monoisotopic (exact) mass is 366 g/mol. The van der Waals surface area contributed by atoms with E-state index in [2.05, 4.69) is 97.1 Å². The lowest BCUT2D eigenvalue weighted by molar-refractivity contribution is -0.0392. The Morgan fingerprint density at radius 3 is 2.32 bits per heavy atom. The lowest BCUT2D eigenvalue weighted by Crippen LogP contribution is -2.43. The zero-order valence-electron chi connectivity index (χ0n) is 16.1. The average Bonchev–Trinajstić information content (AvgIpc) is 2.77. The van der Waals surface area contributed by atoms with Crippen molar-refractivity contribution in [3.8, 4) is 0 Å². The number of benzene rings is 3. The largest absolute Gasteiger partial charge is 0.374 e. The van der Waals surface area contributed by atoms with E-state index < -0.39 is 0 Å². The molecule has 0 amide bonds. The maximum absolute atomic E-state index is 6.35. The molecule has 0 radical (unpaired) electrons. The van der Waals surface area contributed by atoms with Gasteiger partial charge in [-0.15, -0.1) is 0 Å². The number of fused-ring (bicyclic) bond motifs is 2. The van der Waals surface area contributed by atoms with Gasteiger partial charge in [0.05, 0.1) is 6.10 Å². The Morgan fingerprint density at radius 2 is 1.50 bits per heavy atom. The zero-order chi connectivity index (χ0) is 18.8. The van der Waals surface area contributed by atoms with E-state index in [9.17, 15) is 0 Å². The van der Waals surface area contributed by atoms with Crippen LogP contribution in [0, 0.1) is 11.8 Å². The van der Waals surface area contributed by atoms with Crippen LogP contribution in [0.25, 0.3) is 6.08 Å². The van der Waals surface area contributed by atoms with Gasteiger partial charge in [-0.05, 0) is 41.0 Å². The van der Waals surface area contributed by atoms with E-state index >= 15 is 0 Å². The minimum atomic E-state index is 0.150. The van der Waals surface area contributed by atoms with Crippen LogP contribution in [0.3, 0.4) is 0 Å². The predicted octanol–water partition coefficient (Wildman–Crippen LogP) is 6.11. The molecule has 0 aromatic heterocycles. The zero-order valence-corrected chi connectivity index (χ0v) is 16.1. The minimum absolute atomic E-state index is 0.150. The third kappa shape index (κ3) is 3.31. The topological polar surface area (TPSA) is 9.23 Å². The molecule has 3 aromatic rings. The van der Waals surface area contributed by atoms with E-state index in [4.69, 9.17) is 4.74 Å². The molecule has 3 aromatic carbocycles. The molecular weight excluding hydrogens is 340 g/mol. The molecule has 0 bridgehead atoms. The van der Waals surface area contributed by atoms with Crippen LogP contribution in [0.5, 0.6) is 0 Å². The van der Waals surface area contributed by atoms with Gasteiger partial charge >= 0.3 is 0 Å². The first-order valence-corrected chi connectivity index (χ1v) is 10.4. The highest BCUT2D eigenvalue weighted by molar-refractivity contribution is 5.50. The van der Waals surface area contributed by atoms with Gasteiger partial charge in [0.25, 0.3) is 0 Å². The number of ether oxygens (including phenoxy) is 1. The van der Waals surface area contributed by atoms with Crippen molar-refractivity contribution in [3.63, 3.8) is 0 Å². The number of hydrogen-bond donors (Lipinski definition) is 0. The van der Waals surface area contributed by atoms with Crippen molar-refractivity contribution in [2.24, 2.45) is 11.8 Å². The van der Waals surface area contributed by atoms with Gasteiger partial charge in [-0.1, -0.05) is 97.1 Å². The summed E-state index contributed by atoms with van der Waals surface area (Å²) >= 11 is 0. The lowest BCUT2D eigenvalue weighted by atomic mass is 9.63. The maximum atomic E-state index is 6.35. The van der Waals surface area contributed by atoms with Crippen LogP contribution in [-0.4, -0.2) is 12.7 Å². The molecule has 1 heteroatoms. The fourth-order valence-electron chi connectivity index (χ4n) is 5.16. The second-order valence-corrected chi connectivity index (χ2v) is 8.02. The smallest absolute Gasteiger partial charge is 0.0799 e. The van der Waals surface area contributed by atoms with Gasteiger partial charge in [0.2, 0.25) is 0 Å². The van der Waals surface area contributed by atoms with E-state index in [1.807, 2.05) is 0 Å². The molecule has 1 fully saturated rings. The van der Waals surface area contributed by atoms with E-state index in [1.165, 1.54) is 28.7 Å². The Hall–Kier alpha value is -2.64. The summed E-state index contributed by atoms with van der Waals surface area (Å²) in [6, 6.07) is 30.6. The van der Waals surface area contributed by atoms with E-state index in [1.54, 1.807) is 0 Å². The molecule has 1 heterocycles. The molecule has 0 spiro atoms. The predicted molar refractivity (Wildman–Crippen MR) is 115 cm³/mol. The van der Waals surface area contributed by atoms with Crippen molar-refractivity contribution in [1.29, 1.82) is 0 Å². The molecule has 0 unspecified atom stereocenters. The molecule has 0 N–H and O–H groups in total. The molecular formula is C27H26O. The van der Waals surface area contributed by atoms with Gasteiger partial charge < -0.3 is 4.74 Å². The lowest BCUT2D eigenvalue weighted by Gasteiger charge is -2.46. The van der Waals surface area contributed by atoms with Crippen LogP contribution in [0.4, 0.5) is 0 Å². The quantitative estimate of drug-likeness (QED) is 0.543. The van der Waals surface area contributed by atoms with Crippen molar-refractivity contribution in [2.45, 2.75) is 24.9 Å². The van der Waals surface area contributed by atoms with Crippen molar-refractivity contribution in [2.75, 3.05) is 6.61 Å². The highest BCUT2D eigenvalue weighted by Crippen LogP contribution is 2.49. The van der Waals surface area contributed by atoms with Crippen LogP contribution in [0.1, 0.15) is 34.6 Å². The molecule has 5 rings (SSSR count). The maximum Gasteiger partial charge on any atom is 0.0799 e. The van der Waals surface area contributed by atoms with Crippen molar-refractivity contribution in [3.05, 3.63) is 113 Å². The number of rotatable bonds is 3. The SMILES string of the molecule is C(=C\[C@H]1OCC[C@H]2Cc3ccccc3[C@@H](c3ccccc3)[C@@H]21)/c1ccccc1. The Labute approximate surface area is 167 Å². The summed E-state index contributed by atoms with van der Waals surface area (Å²) in [5.41, 5.74) is 5.65. The molecule has 1 aliphatic carbocycles. The molecule has 1 aliphatic heterocycles. The summed E-state index contributed by atoms with van der Waals surface area (Å²) in [5.74, 6) is 1.53. The molecule has 1 nitrogen and oxygen atoms in total. The highest BCUT2D eigenvalue weighted by atomic mass is 16.5. The molecule has 2 aliphatic rings. The Balaban J connectivity index is 1.56. The van der Waals surface area contributed by atoms with Crippen molar-refractivity contribution < 1.29 is 4.74 Å². The molecule has 1 saturated heterocycles. The van der Waals surface area contributed by atoms with E-state index in [0.717, 1.165) is 13.0 Å². The Morgan fingerprint density at radius 1 is 0.786 bits per heavy atom. The van der Waals surface area contributed by atoms with Crippen LogP contribution >= 0.6 is 0 Å². The second kappa shape index (κ2) is 7.77. The third-order valence-electron chi connectivity index (χ3n) is 6.42. The van der Waals surface area contributed by atoms with Crippen LogP contribution in [0.15, 0.2) is 91.0 Å². The normalized spacial score (nSPS) is 26.6. The molecule has 140 valence electrons.